The normalized spacial score (nSPS) is 14.2. The van der Waals surface area contributed by atoms with E-state index in [0.717, 1.165) is 39.6 Å². The molecule has 202 valence electrons. The SMILES string of the molecule is COc1ccc(NC(=O)N2Cc3c(C)nn(-c4ccccc4)c3-n3cccc3C2c2cccc(C)c2)c(OC)c1. The van der Waals surface area contributed by atoms with Gasteiger partial charge in [-0.15, -0.1) is 0 Å². The van der Waals surface area contributed by atoms with E-state index in [2.05, 4.69) is 41.1 Å². The standard InChI is InChI=1S/C32H31N5O3/c1-21-10-8-11-23(18-21)30-28-14-9-17-35(28)31-26(22(2)34-37(31)24-12-6-5-7-13-24)20-36(30)32(38)33-27-16-15-25(39-3)19-29(27)40-4/h5-19,30H,20H2,1-4H3,(H,33,38). The van der Waals surface area contributed by atoms with Crippen molar-refractivity contribution in [1.82, 2.24) is 19.2 Å². The van der Waals surface area contributed by atoms with Crippen LogP contribution in [0, 0.1) is 13.8 Å². The Morgan fingerprint density at radius 3 is 2.50 bits per heavy atom. The van der Waals surface area contributed by atoms with Crippen molar-refractivity contribution in [3.8, 4) is 23.0 Å². The van der Waals surface area contributed by atoms with E-state index in [1.807, 2.05) is 65.2 Å². The Morgan fingerprint density at radius 1 is 0.925 bits per heavy atom. The van der Waals surface area contributed by atoms with Crippen LogP contribution in [0.15, 0.2) is 91.1 Å². The van der Waals surface area contributed by atoms with Crippen molar-refractivity contribution in [2.45, 2.75) is 26.4 Å². The number of amides is 2. The van der Waals surface area contributed by atoms with Gasteiger partial charge in [-0.2, -0.15) is 5.10 Å². The molecule has 3 aromatic carbocycles. The molecule has 8 nitrogen and oxygen atoms in total. The Balaban J connectivity index is 1.52. The molecule has 0 radical (unpaired) electrons. The zero-order chi connectivity index (χ0) is 27.8. The summed E-state index contributed by atoms with van der Waals surface area (Å²) in [5.41, 5.74) is 6.49. The van der Waals surface area contributed by atoms with Crippen LogP contribution in [0.1, 0.15) is 34.1 Å². The molecule has 0 bridgehead atoms. The van der Waals surface area contributed by atoms with Gasteiger partial charge in [0.1, 0.15) is 17.3 Å². The monoisotopic (exact) mass is 533 g/mol. The molecule has 40 heavy (non-hydrogen) atoms. The summed E-state index contributed by atoms with van der Waals surface area (Å²) < 4.78 is 15.0. The van der Waals surface area contributed by atoms with Crippen molar-refractivity contribution in [3.63, 3.8) is 0 Å². The van der Waals surface area contributed by atoms with E-state index in [0.29, 0.717) is 23.7 Å². The molecule has 0 saturated carbocycles. The summed E-state index contributed by atoms with van der Waals surface area (Å²) in [7, 11) is 3.17. The maximum Gasteiger partial charge on any atom is 0.323 e. The second-order valence-electron chi connectivity index (χ2n) is 9.88. The van der Waals surface area contributed by atoms with Gasteiger partial charge in [0, 0.05) is 17.8 Å². The zero-order valence-corrected chi connectivity index (χ0v) is 23.0. The molecule has 5 aromatic rings. The van der Waals surface area contributed by atoms with Gasteiger partial charge in [0.15, 0.2) is 0 Å². The Hall–Kier alpha value is -4.98. The molecule has 1 unspecified atom stereocenters. The summed E-state index contributed by atoms with van der Waals surface area (Å²) in [5.74, 6) is 2.10. The maximum absolute atomic E-state index is 14.2. The minimum atomic E-state index is -0.352. The zero-order valence-electron chi connectivity index (χ0n) is 23.0. The van der Waals surface area contributed by atoms with Gasteiger partial charge in [-0.3, -0.25) is 0 Å². The van der Waals surface area contributed by atoms with Crippen LogP contribution in [0.5, 0.6) is 11.5 Å². The number of nitrogens with zero attached hydrogens (tertiary/aromatic N) is 4. The van der Waals surface area contributed by atoms with E-state index in [1.165, 1.54) is 0 Å². The number of methoxy groups -OCH3 is 2. The van der Waals surface area contributed by atoms with Crippen molar-refractivity contribution >= 4 is 11.7 Å². The van der Waals surface area contributed by atoms with Crippen LogP contribution < -0.4 is 14.8 Å². The van der Waals surface area contributed by atoms with Crippen LogP contribution in [0.4, 0.5) is 10.5 Å². The topological polar surface area (TPSA) is 73.5 Å². The number of fused-ring (bicyclic) bond motifs is 3. The van der Waals surface area contributed by atoms with Crippen molar-refractivity contribution in [2.75, 3.05) is 19.5 Å². The van der Waals surface area contributed by atoms with E-state index < -0.39 is 0 Å². The number of hydrogen-bond acceptors (Lipinski definition) is 4. The highest BCUT2D eigenvalue weighted by Gasteiger charge is 2.36. The lowest BCUT2D eigenvalue weighted by molar-refractivity contribution is 0.194. The highest BCUT2D eigenvalue weighted by molar-refractivity contribution is 5.92. The summed E-state index contributed by atoms with van der Waals surface area (Å²) in [6, 6.07) is 27.3. The fraction of sp³-hybridized carbons (Fsp3) is 0.188. The van der Waals surface area contributed by atoms with Crippen LogP contribution in [0.25, 0.3) is 11.5 Å². The van der Waals surface area contributed by atoms with Crippen LogP contribution in [-0.4, -0.2) is 39.5 Å². The molecule has 1 aliphatic rings. The number of rotatable bonds is 5. The molecule has 1 aliphatic heterocycles. The third-order valence-electron chi connectivity index (χ3n) is 7.36. The first-order chi connectivity index (χ1) is 19.5. The van der Waals surface area contributed by atoms with E-state index in [4.69, 9.17) is 14.6 Å². The summed E-state index contributed by atoms with van der Waals surface area (Å²) in [4.78, 5) is 16.1. The van der Waals surface area contributed by atoms with Gasteiger partial charge >= 0.3 is 6.03 Å². The van der Waals surface area contributed by atoms with Crippen LogP contribution in [-0.2, 0) is 6.54 Å². The average molecular weight is 534 g/mol. The van der Waals surface area contributed by atoms with Gasteiger partial charge in [0.25, 0.3) is 0 Å². The summed E-state index contributed by atoms with van der Waals surface area (Å²) in [5, 5.41) is 8.03. The molecule has 0 saturated heterocycles. The lowest BCUT2D eigenvalue weighted by Crippen LogP contribution is -2.38. The first-order valence-electron chi connectivity index (χ1n) is 13.2. The Labute approximate surface area is 233 Å². The maximum atomic E-state index is 14.2. The molecule has 0 fully saturated rings. The molecule has 1 N–H and O–H groups in total. The largest absolute Gasteiger partial charge is 0.497 e. The number of carbonyl (C=O) groups excluding carboxylic acids is 1. The Kier molecular flexibility index (Phi) is 6.51. The quantitative estimate of drug-likeness (QED) is 0.282. The molecule has 1 atom stereocenters. The average Bonchev–Trinajstić information content (AvgIpc) is 3.53. The number of aromatic nitrogens is 3. The second kappa shape index (κ2) is 10.3. The number of nitrogens with one attached hydrogen (secondary N) is 1. The van der Waals surface area contributed by atoms with E-state index in [1.54, 1.807) is 32.4 Å². The molecule has 0 spiro atoms. The number of benzene rings is 3. The van der Waals surface area contributed by atoms with Crippen molar-refractivity contribution in [1.29, 1.82) is 0 Å². The highest BCUT2D eigenvalue weighted by atomic mass is 16.5. The molecule has 8 heteroatoms. The number of hydrogen-bond donors (Lipinski definition) is 1. The molecule has 0 aliphatic carbocycles. The minimum absolute atomic E-state index is 0.248. The van der Waals surface area contributed by atoms with Gasteiger partial charge in [0.2, 0.25) is 0 Å². The molecule has 6 rings (SSSR count). The van der Waals surface area contributed by atoms with Crippen molar-refractivity contribution in [2.24, 2.45) is 0 Å². The van der Waals surface area contributed by atoms with Crippen molar-refractivity contribution < 1.29 is 14.3 Å². The predicted octanol–water partition coefficient (Wildman–Crippen LogP) is 6.43. The van der Waals surface area contributed by atoms with Gasteiger partial charge in [0.05, 0.1) is 49.6 Å². The van der Waals surface area contributed by atoms with E-state index in [-0.39, 0.29) is 12.1 Å². The molecular formula is C32H31N5O3. The fourth-order valence-electron chi connectivity index (χ4n) is 5.43. The van der Waals surface area contributed by atoms with Gasteiger partial charge in [-0.05, 0) is 55.8 Å². The number of para-hydroxylation sites is 1. The van der Waals surface area contributed by atoms with Crippen LogP contribution in [0.3, 0.4) is 0 Å². The van der Waals surface area contributed by atoms with Gasteiger partial charge < -0.3 is 24.3 Å². The Morgan fingerprint density at radius 2 is 1.75 bits per heavy atom. The van der Waals surface area contributed by atoms with Crippen molar-refractivity contribution in [3.05, 3.63) is 119 Å². The summed E-state index contributed by atoms with van der Waals surface area (Å²) in [6.07, 6.45) is 2.05. The van der Waals surface area contributed by atoms with Gasteiger partial charge in [-0.25, -0.2) is 9.48 Å². The predicted molar refractivity (Wildman–Crippen MR) is 155 cm³/mol. The lowest BCUT2D eigenvalue weighted by Gasteiger charge is -2.31. The molecule has 2 amide bonds. The lowest BCUT2D eigenvalue weighted by atomic mass is 10.00. The number of urea groups is 1. The van der Waals surface area contributed by atoms with Gasteiger partial charge in [-0.1, -0.05) is 48.0 Å². The van der Waals surface area contributed by atoms with E-state index in [9.17, 15) is 4.79 Å². The van der Waals surface area contributed by atoms with E-state index >= 15 is 0 Å². The highest BCUT2D eigenvalue weighted by Crippen LogP contribution is 2.39. The Bertz CT molecular complexity index is 1690. The fourth-order valence-corrected chi connectivity index (χ4v) is 5.43. The third kappa shape index (κ3) is 4.37. The number of ether oxygens (including phenoxy) is 2. The molecule has 2 aromatic heterocycles. The molecule has 3 heterocycles. The number of anilines is 1. The third-order valence-corrected chi connectivity index (χ3v) is 7.36. The smallest absolute Gasteiger partial charge is 0.323 e. The molecular weight excluding hydrogens is 502 g/mol. The first-order valence-corrected chi connectivity index (χ1v) is 13.2. The number of aryl methyl sites for hydroxylation is 2. The summed E-state index contributed by atoms with van der Waals surface area (Å²) >= 11 is 0. The van der Waals surface area contributed by atoms with Crippen LogP contribution >= 0.6 is 0 Å². The number of carbonyl (C=O) groups is 1. The minimum Gasteiger partial charge on any atom is -0.497 e. The van der Waals surface area contributed by atoms with Crippen LogP contribution in [0.2, 0.25) is 0 Å². The second-order valence-corrected chi connectivity index (χ2v) is 9.88. The summed E-state index contributed by atoms with van der Waals surface area (Å²) in [6.45, 7) is 4.42. The first kappa shape index (κ1) is 25.3.